The summed E-state index contributed by atoms with van der Waals surface area (Å²) in [6, 6.07) is 15.5. The lowest BCUT2D eigenvalue weighted by Gasteiger charge is -2.21. The maximum atomic E-state index is 13.5. The molecule has 0 bridgehead atoms. The summed E-state index contributed by atoms with van der Waals surface area (Å²) in [5.41, 5.74) is 0.947. The van der Waals surface area contributed by atoms with Crippen molar-refractivity contribution in [1.29, 1.82) is 0 Å². The normalized spacial score (nSPS) is 12.5. The Morgan fingerprint density at radius 3 is 2.17 bits per heavy atom. The van der Waals surface area contributed by atoms with Gasteiger partial charge in [0.05, 0.1) is 35.8 Å². The predicted octanol–water partition coefficient (Wildman–Crippen LogP) is 7.03. The second-order valence-corrected chi connectivity index (χ2v) is 11.1. The molecule has 0 heterocycles. The highest BCUT2D eigenvalue weighted by Crippen LogP contribution is 2.32. The number of benzene rings is 3. The molecule has 0 aliphatic heterocycles. The molecule has 46 heavy (non-hydrogen) atoms. The van der Waals surface area contributed by atoms with Gasteiger partial charge in [0.25, 0.3) is 11.8 Å². The van der Waals surface area contributed by atoms with Crippen molar-refractivity contribution < 1.29 is 41.8 Å². The van der Waals surface area contributed by atoms with Crippen molar-refractivity contribution in [3.8, 4) is 11.1 Å². The quantitative estimate of drug-likeness (QED) is 0.201. The van der Waals surface area contributed by atoms with Crippen LogP contribution in [0.25, 0.3) is 11.1 Å². The standard InChI is InChI=1S/C35H39F3N2O6/c1-6-10-22(3)29(34(44)45-7-2)21-46-31(41)20-23-13-18-30(28(19-23)33(43)40(4)5)39-32(42)27-12-9-8-11-26(27)24-14-16-25(17-15-24)35(36,37)38/h8-9,11-19,22,29H,6-7,10,20-21H2,1-5H3,(H,39,42). The summed E-state index contributed by atoms with van der Waals surface area (Å²) in [7, 11) is 3.09. The van der Waals surface area contributed by atoms with E-state index in [9.17, 15) is 32.3 Å². The molecule has 0 fully saturated rings. The molecule has 246 valence electrons. The summed E-state index contributed by atoms with van der Waals surface area (Å²) in [5, 5.41) is 2.74. The summed E-state index contributed by atoms with van der Waals surface area (Å²) < 4.78 is 49.8. The summed E-state index contributed by atoms with van der Waals surface area (Å²) in [5.74, 6) is -2.68. The number of halogens is 3. The Balaban J connectivity index is 1.82. The maximum absolute atomic E-state index is 13.5. The Bertz CT molecular complexity index is 1540. The number of hydrogen-bond acceptors (Lipinski definition) is 6. The molecule has 2 unspecified atom stereocenters. The minimum absolute atomic E-state index is 0.0477. The van der Waals surface area contributed by atoms with Crippen molar-refractivity contribution in [1.82, 2.24) is 4.90 Å². The third kappa shape index (κ3) is 9.42. The van der Waals surface area contributed by atoms with Crippen LogP contribution >= 0.6 is 0 Å². The fourth-order valence-electron chi connectivity index (χ4n) is 4.96. The Morgan fingerprint density at radius 1 is 0.891 bits per heavy atom. The molecule has 2 amide bonds. The van der Waals surface area contributed by atoms with Gasteiger partial charge in [-0.3, -0.25) is 19.2 Å². The summed E-state index contributed by atoms with van der Waals surface area (Å²) in [6.07, 6.45) is -3.06. The number of nitrogens with zero attached hydrogens (tertiary/aromatic N) is 1. The van der Waals surface area contributed by atoms with E-state index in [4.69, 9.17) is 9.47 Å². The number of hydrogen-bond donors (Lipinski definition) is 1. The monoisotopic (exact) mass is 640 g/mol. The van der Waals surface area contributed by atoms with E-state index in [2.05, 4.69) is 5.32 Å². The first-order valence-corrected chi connectivity index (χ1v) is 15.0. The van der Waals surface area contributed by atoms with Gasteiger partial charge in [0.2, 0.25) is 0 Å². The van der Waals surface area contributed by atoms with E-state index in [0.29, 0.717) is 16.7 Å². The zero-order chi connectivity index (χ0) is 34.0. The zero-order valence-corrected chi connectivity index (χ0v) is 26.6. The Kier molecular flexibility index (Phi) is 12.5. The largest absolute Gasteiger partial charge is 0.466 e. The molecular weight excluding hydrogens is 601 g/mol. The molecule has 0 aliphatic rings. The van der Waals surface area contributed by atoms with Gasteiger partial charge in [-0.05, 0) is 59.9 Å². The smallest absolute Gasteiger partial charge is 0.416 e. The minimum atomic E-state index is -4.49. The average Bonchev–Trinajstić information content (AvgIpc) is 3.01. The molecule has 1 N–H and O–H groups in total. The van der Waals surface area contributed by atoms with Crippen LogP contribution in [0.4, 0.5) is 18.9 Å². The number of alkyl halides is 3. The lowest BCUT2D eigenvalue weighted by Crippen LogP contribution is -2.30. The van der Waals surface area contributed by atoms with Crippen LogP contribution in [-0.4, -0.2) is 56.0 Å². The van der Waals surface area contributed by atoms with E-state index in [0.717, 1.165) is 25.0 Å². The van der Waals surface area contributed by atoms with Crippen LogP contribution < -0.4 is 5.32 Å². The number of esters is 2. The molecule has 3 rings (SSSR count). The second-order valence-electron chi connectivity index (χ2n) is 11.1. The third-order valence-electron chi connectivity index (χ3n) is 7.46. The minimum Gasteiger partial charge on any atom is -0.466 e. The average molecular weight is 641 g/mol. The van der Waals surface area contributed by atoms with Gasteiger partial charge in [-0.2, -0.15) is 13.2 Å². The topological polar surface area (TPSA) is 102 Å². The van der Waals surface area contributed by atoms with Gasteiger partial charge >= 0.3 is 18.1 Å². The van der Waals surface area contributed by atoms with E-state index in [1.54, 1.807) is 45.3 Å². The summed E-state index contributed by atoms with van der Waals surface area (Å²) in [6.45, 7) is 5.71. The SMILES string of the molecule is CCCC(C)C(COC(=O)Cc1ccc(NC(=O)c2ccccc2-c2ccc(C(F)(F)F)cc2)c(C(=O)N(C)C)c1)C(=O)OCC. The van der Waals surface area contributed by atoms with E-state index in [1.165, 1.54) is 35.2 Å². The van der Waals surface area contributed by atoms with Crippen molar-refractivity contribution in [3.63, 3.8) is 0 Å². The third-order valence-corrected chi connectivity index (χ3v) is 7.46. The Morgan fingerprint density at radius 2 is 1.57 bits per heavy atom. The van der Waals surface area contributed by atoms with Crippen LogP contribution in [0.3, 0.4) is 0 Å². The predicted molar refractivity (Wildman–Crippen MR) is 168 cm³/mol. The molecular formula is C35H39F3N2O6. The highest BCUT2D eigenvalue weighted by molar-refractivity contribution is 6.11. The molecule has 0 aliphatic carbocycles. The summed E-state index contributed by atoms with van der Waals surface area (Å²) in [4.78, 5) is 53.2. The number of ether oxygens (including phenoxy) is 2. The number of rotatable bonds is 13. The molecule has 0 spiro atoms. The Hall–Kier alpha value is -4.67. The van der Waals surface area contributed by atoms with Crippen LogP contribution in [0.5, 0.6) is 0 Å². The van der Waals surface area contributed by atoms with Gasteiger partial charge in [-0.1, -0.05) is 63.1 Å². The summed E-state index contributed by atoms with van der Waals surface area (Å²) >= 11 is 0. The lowest BCUT2D eigenvalue weighted by atomic mass is 9.91. The van der Waals surface area contributed by atoms with Crippen molar-refractivity contribution >= 4 is 29.4 Å². The fourth-order valence-corrected chi connectivity index (χ4v) is 4.96. The van der Waals surface area contributed by atoms with E-state index in [1.807, 2.05) is 13.8 Å². The first-order chi connectivity index (χ1) is 21.8. The second kappa shape index (κ2) is 16.1. The molecule has 0 saturated carbocycles. The van der Waals surface area contributed by atoms with E-state index in [-0.39, 0.29) is 42.4 Å². The highest BCUT2D eigenvalue weighted by Gasteiger charge is 2.30. The molecule has 2 atom stereocenters. The Labute approximate surface area is 266 Å². The number of amides is 2. The van der Waals surface area contributed by atoms with E-state index < -0.39 is 41.4 Å². The fraction of sp³-hybridized carbons (Fsp3) is 0.371. The van der Waals surface area contributed by atoms with Crippen LogP contribution in [0, 0.1) is 11.8 Å². The molecule has 11 heteroatoms. The zero-order valence-electron chi connectivity index (χ0n) is 26.6. The highest BCUT2D eigenvalue weighted by atomic mass is 19.4. The molecule has 8 nitrogen and oxygen atoms in total. The van der Waals surface area contributed by atoms with Gasteiger partial charge in [-0.25, -0.2) is 0 Å². The molecule has 0 radical (unpaired) electrons. The van der Waals surface area contributed by atoms with Gasteiger partial charge in [0.1, 0.15) is 6.61 Å². The first kappa shape index (κ1) is 35.8. The lowest BCUT2D eigenvalue weighted by molar-refractivity contribution is -0.156. The van der Waals surface area contributed by atoms with Crippen molar-refractivity contribution in [3.05, 3.63) is 89.0 Å². The number of carbonyl (C=O) groups excluding carboxylic acids is 4. The van der Waals surface area contributed by atoms with Crippen molar-refractivity contribution in [2.75, 3.05) is 32.6 Å². The van der Waals surface area contributed by atoms with Gasteiger partial charge in [0, 0.05) is 19.7 Å². The van der Waals surface area contributed by atoms with Gasteiger partial charge in [-0.15, -0.1) is 0 Å². The van der Waals surface area contributed by atoms with Gasteiger partial charge < -0.3 is 19.7 Å². The van der Waals surface area contributed by atoms with Crippen LogP contribution in [0.2, 0.25) is 0 Å². The van der Waals surface area contributed by atoms with Crippen LogP contribution in [0.15, 0.2) is 66.7 Å². The van der Waals surface area contributed by atoms with Crippen LogP contribution in [-0.2, 0) is 31.7 Å². The number of anilines is 1. The number of carbonyl (C=O) groups is 4. The molecule has 0 saturated heterocycles. The molecule has 3 aromatic rings. The van der Waals surface area contributed by atoms with E-state index >= 15 is 0 Å². The first-order valence-electron chi connectivity index (χ1n) is 15.0. The van der Waals surface area contributed by atoms with Gasteiger partial charge in [0.15, 0.2) is 0 Å². The number of nitrogens with one attached hydrogen (secondary N) is 1. The maximum Gasteiger partial charge on any atom is 0.416 e. The van der Waals surface area contributed by atoms with Crippen LogP contribution in [0.1, 0.15) is 65.5 Å². The van der Waals surface area contributed by atoms with Crippen molar-refractivity contribution in [2.24, 2.45) is 11.8 Å². The van der Waals surface area contributed by atoms with Crippen molar-refractivity contribution in [2.45, 2.75) is 46.2 Å². The molecule has 3 aromatic carbocycles. The molecule has 0 aromatic heterocycles.